The Bertz CT molecular complexity index is 990. The number of carbonyl (C=O) groups excluding carboxylic acids is 1. The first kappa shape index (κ1) is 14.0. The van der Waals surface area contributed by atoms with E-state index in [2.05, 4.69) is 0 Å². The molecule has 4 nitrogen and oxygen atoms in total. The van der Waals surface area contributed by atoms with Crippen molar-refractivity contribution in [2.24, 2.45) is 0 Å². The van der Waals surface area contributed by atoms with Crippen LogP contribution in [0.4, 0.5) is 0 Å². The highest BCUT2D eigenvalue weighted by atomic mass is 35.5. The molecule has 4 rings (SSSR count). The molecule has 0 aliphatic carbocycles. The number of hydrogen-bond acceptors (Lipinski definition) is 4. The first-order valence-electron chi connectivity index (χ1n) is 7.16. The molecule has 1 aromatic heterocycles. The molecule has 1 aliphatic heterocycles. The molecule has 1 aliphatic rings. The molecule has 114 valence electrons. The van der Waals surface area contributed by atoms with Crippen LogP contribution < -0.4 is 10.4 Å². The van der Waals surface area contributed by atoms with Crippen molar-refractivity contribution in [2.75, 3.05) is 0 Å². The summed E-state index contributed by atoms with van der Waals surface area (Å²) in [6, 6.07) is 14.2. The van der Waals surface area contributed by atoms with Gasteiger partial charge in [-0.25, -0.2) is 4.79 Å². The fraction of sp³-hybridized carbons (Fsp3) is 0.111. The van der Waals surface area contributed by atoms with E-state index in [0.29, 0.717) is 21.6 Å². The highest BCUT2D eigenvalue weighted by Crippen LogP contribution is 2.42. The molecule has 0 saturated heterocycles. The van der Waals surface area contributed by atoms with Gasteiger partial charge in [-0.1, -0.05) is 41.9 Å². The van der Waals surface area contributed by atoms with E-state index in [1.165, 1.54) is 0 Å². The number of para-hydroxylation sites is 1. The fourth-order valence-corrected chi connectivity index (χ4v) is 3.26. The zero-order chi connectivity index (χ0) is 16.0. The monoisotopic (exact) mass is 326 g/mol. The molecule has 0 bridgehead atoms. The summed E-state index contributed by atoms with van der Waals surface area (Å²) in [4.78, 5) is 24.6. The highest BCUT2D eigenvalue weighted by Gasteiger charge is 2.34. The van der Waals surface area contributed by atoms with E-state index in [0.717, 1.165) is 5.56 Å². The summed E-state index contributed by atoms with van der Waals surface area (Å²) >= 11 is 6.26. The predicted octanol–water partition coefficient (Wildman–Crippen LogP) is 3.89. The second-order valence-electron chi connectivity index (χ2n) is 5.38. The van der Waals surface area contributed by atoms with Crippen molar-refractivity contribution in [1.82, 2.24) is 0 Å². The van der Waals surface area contributed by atoms with Crippen molar-refractivity contribution in [2.45, 2.75) is 12.3 Å². The van der Waals surface area contributed by atoms with E-state index in [1.807, 2.05) is 12.1 Å². The van der Waals surface area contributed by atoms with Gasteiger partial charge in [-0.05, 0) is 23.8 Å². The lowest BCUT2D eigenvalue weighted by Gasteiger charge is -2.24. The van der Waals surface area contributed by atoms with Crippen LogP contribution in [0, 0.1) is 0 Å². The third-order valence-electron chi connectivity index (χ3n) is 4.01. The van der Waals surface area contributed by atoms with Gasteiger partial charge in [0, 0.05) is 10.9 Å². The van der Waals surface area contributed by atoms with Crippen LogP contribution >= 0.6 is 11.6 Å². The second kappa shape index (κ2) is 5.25. The minimum Gasteiger partial charge on any atom is -0.425 e. The van der Waals surface area contributed by atoms with Gasteiger partial charge < -0.3 is 9.15 Å². The predicted molar refractivity (Wildman–Crippen MR) is 86.0 cm³/mol. The Morgan fingerprint density at radius 1 is 1.00 bits per heavy atom. The third-order valence-corrected chi connectivity index (χ3v) is 4.36. The van der Waals surface area contributed by atoms with Crippen molar-refractivity contribution in [3.8, 4) is 5.75 Å². The topological polar surface area (TPSA) is 56.5 Å². The van der Waals surface area contributed by atoms with Crippen molar-refractivity contribution in [1.29, 1.82) is 0 Å². The van der Waals surface area contributed by atoms with Crippen LogP contribution in [0.3, 0.4) is 0 Å². The molecule has 0 spiro atoms. The molecule has 3 aromatic rings. The van der Waals surface area contributed by atoms with Crippen molar-refractivity contribution < 1.29 is 13.9 Å². The lowest BCUT2D eigenvalue weighted by molar-refractivity contribution is -0.135. The lowest BCUT2D eigenvalue weighted by Crippen LogP contribution is -2.26. The van der Waals surface area contributed by atoms with Crippen LogP contribution in [-0.4, -0.2) is 5.97 Å². The number of halogens is 1. The number of esters is 1. The number of ether oxygens (including phenoxy) is 1. The van der Waals surface area contributed by atoms with E-state index >= 15 is 0 Å². The quantitative estimate of drug-likeness (QED) is 0.503. The Morgan fingerprint density at radius 3 is 2.57 bits per heavy atom. The van der Waals surface area contributed by atoms with Gasteiger partial charge in [0.2, 0.25) is 0 Å². The Morgan fingerprint density at radius 2 is 1.74 bits per heavy atom. The van der Waals surface area contributed by atoms with Crippen LogP contribution in [-0.2, 0) is 4.79 Å². The largest absolute Gasteiger partial charge is 0.425 e. The molecule has 2 heterocycles. The van der Waals surface area contributed by atoms with Gasteiger partial charge in [0.25, 0.3) is 0 Å². The summed E-state index contributed by atoms with van der Waals surface area (Å²) in [5.74, 6) is -0.586. The van der Waals surface area contributed by atoms with E-state index in [1.54, 1.807) is 36.4 Å². The van der Waals surface area contributed by atoms with E-state index in [9.17, 15) is 9.59 Å². The molecular weight excluding hydrogens is 316 g/mol. The van der Waals surface area contributed by atoms with E-state index in [-0.39, 0.29) is 12.2 Å². The van der Waals surface area contributed by atoms with E-state index in [4.69, 9.17) is 20.8 Å². The zero-order valence-corrected chi connectivity index (χ0v) is 12.7. The molecule has 0 radical (unpaired) electrons. The number of hydrogen-bond donors (Lipinski definition) is 0. The molecular formula is C18H11ClO4. The summed E-state index contributed by atoms with van der Waals surface area (Å²) in [7, 11) is 0. The average molecular weight is 327 g/mol. The smallest absolute Gasteiger partial charge is 0.343 e. The van der Waals surface area contributed by atoms with Crippen LogP contribution in [0.5, 0.6) is 5.75 Å². The first-order valence-corrected chi connectivity index (χ1v) is 7.54. The summed E-state index contributed by atoms with van der Waals surface area (Å²) in [5, 5.41) is 1.11. The average Bonchev–Trinajstić information content (AvgIpc) is 2.54. The maximum Gasteiger partial charge on any atom is 0.343 e. The third kappa shape index (κ3) is 2.23. The number of fused-ring (bicyclic) bond motifs is 3. The maximum atomic E-state index is 12.5. The second-order valence-corrected chi connectivity index (χ2v) is 5.79. The molecule has 2 aromatic carbocycles. The standard InChI is InChI=1S/C18H11ClO4/c19-13-7-3-1-5-10(13)12-9-15(20)23-17-11-6-2-4-8-14(11)22-18(21)16(12)17/h1-8,12H,9H2. The van der Waals surface area contributed by atoms with Gasteiger partial charge in [0.05, 0.1) is 17.4 Å². The van der Waals surface area contributed by atoms with Crippen LogP contribution in [0.2, 0.25) is 5.02 Å². The molecule has 1 atom stereocenters. The first-order chi connectivity index (χ1) is 11.1. The number of carbonyl (C=O) groups is 1. The van der Waals surface area contributed by atoms with Crippen LogP contribution in [0.25, 0.3) is 11.0 Å². The molecule has 0 amide bonds. The summed E-state index contributed by atoms with van der Waals surface area (Å²) in [6.07, 6.45) is 0.0554. The van der Waals surface area contributed by atoms with Crippen LogP contribution in [0.15, 0.2) is 57.7 Å². The summed E-state index contributed by atoms with van der Waals surface area (Å²) < 4.78 is 10.8. The molecule has 23 heavy (non-hydrogen) atoms. The van der Waals surface area contributed by atoms with Gasteiger partial charge >= 0.3 is 11.6 Å². The van der Waals surface area contributed by atoms with Gasteiger partial charge in [-0.3, -0.25) is 4.79 Å². The van der Waals surface area contributed by atoms with Crippen LogP contribution in [0.1, 0.15) is 23.5 Å². The van der Waals surface area contributed by atoms with E-state index < -0.39 is 17.5 Å². The Labute approximate surface area is 136 Å². The maximum absolute atomic E-state index is 12.5. The molecule has 0 fully saturated rings. The minimum atomic E-state index is -0.504. The Hall–Kier alpha value is -2.59. The lowest BCUT2D eigenvalue weighted by atomic mass is 9.86. The molecule has 5 heteroatoms. The van der Waals surface area contributed by atoms with Gasteiger partial charge in [-0.2, -0.15) is 0 Å². The molecule has 1 unspecified atom stereocenters. The van der Waals surface area contributed by atoms with Crippen molar-refractivity contribution in [3.63, 3.8) is 0 Å². The number of rotatable bonds is 1. The highest BCUT2D eigenvalue weighted by molar-refractivity contribution is 6.31. The summed E-state index contributed by atoms with van der Waals surface area (Å²) in [6.45, 7) is 0. The number of benzene rings is 2. The fourth-order valence-electron chi connectivity index (χ4n) is 2.99. The molecule has 0 saturated carbocycles. The van der Waals surface area contributed by atoms with Gasteiger partial charge in [0.1, 0.15) is 5.58 Å². The minimum absolute atomic E-state index is 0.0554. The Kier molecular flexibility index (Phi) is 3.20. The van der Waals surface area contributed by atoms with Gasteiger partial charge in [-0.15, -0.1) is 0 Å². The van der Waals surface area contributed by atoms with Gasteiger partial charge in [0.15, 0.2) is 5.75 Å². The summed E-state index contributed by atoms with van der Waals surface area (Å²) in [5.41, 5.74) is 0.950. The normalized spacial score (nSPS) is 16.9. The zero-order valence-electron chi connectivity index (χ0n) is 11.9. The van der Waals surface area contributed by atoms with Crippen molar-refractivity contribution >= 4 is 28.5 Å². The Balaban J connectivity index is 2.05. The molecule has 0 N–H and O–H groups in total. The SMILES string of the molecule is O=C1CC(c2ccccc2Cl)c2c(c3ccccc3oc2=O)O1. The van der Waals surface area contributed by atoms with Crippen molar-refractivity contribution in [3.05, 3.63) is 75.1 Å².